The van der Waals surface area contributed by atoms with Gasteiger partial charge in [-0.3, -0.25) is 0 Å². The maximum Gasteiger partial charge on any atom is 0.330 e. The summed E-state index contributed by atoms with van der Waals surface area (Å²) in [7, 11) is 1.36. The Bertz CT molecular complexity index is 658. The largest absolute Gasteiger partial charge is 0.478 e. The molecule has 0 spiro atoms. The molecule has 0 heterocycles. The molecule has 2 aromatic carbocycles. The first-order chi connectivity index (χ1) is 11.1. The van der Waals surface area contributed by atoms with Crippen LogP contribution in [0.5, 0.6) is 0 Å². The van der Waals surface area contributed by atoms with Crippen molar-refractivity contribution in [1.82, 2.24) is 0 Å². The number of carbonyl (C=O) groups is 2. The fourth-order valence-corrected chi connectivity index (χ4v) is 1.53. The van der Waals surface area contributed by atoms with Crippen molar-refractivity contribution in [1.29, 1.82) is 0 Å². The minimum absolute atomic E-state index is 0.334. The number of benzene rings is 2. The zero-order valence-electron chi connectivity index (χ0n) is 12.8. The smallest absolute Gasteiger partial charge is 0.330 e. The van der Waals surface area contributed by atoms with Crippen LogP contribution in [-0.4, -0.2) is 24.2 Å². The van der Waals surface area contributed by atoms with Gasteiger partial charge in [0.25, 0.3) is 0 Å². The van der Waals surface area contributed by atoms with Gasteiger partial charge in [0.15, 0.2) is 0 Å². The highest BCUT2D eigenvalue weighted by molar-refractivity contribution is 5.86. The Balaban J connectivity index is 0.000000231. The number of carboxylic acid groups (broad SMARTS) is 1. The van der Waals surface area contributed by atoms with Crippen LogP contribution in [0, 0.1) is 0 Å². The van der Waals surface area contributed by atoms with Gasteiger partial charge in [-0.2, -0.15) is 0 Å². The number of hydrogen-bond donors (Lipinski definition) is 1. The summed E-state index contributed by atoms with van der Waals surface area (Å²) in [6, 6.07) is 18.9. The van der Waals surface area contributed by atoms with E-state index < -0.39 is 5.97 Å². The van der Waals surface area contributed by atoms with Crippen molar-refractivity contribution in [3.8, 4) is 0 Å². The van der Waals surface area contributed by atoms with E-state index in [-0.39, 0.29) is 5.97 Å². The van der Waals surface area contributed by atoms with E-state index in [4.69, 9.17) is 5.11 Å². The van der Waals surface area contributed by atoms with Crippen molar-refractivity contribution in [2.24, 2.45) is 0 Å². The van der Waals surface area contributed by atoms with Gasteiger partial charge in [0, 0.05) is 12.2 Å². The molecule has 0 saturated heterocycles. The van der Waals surface area contributed by atoms with E-state index in [2.05, 4.69) is 4.74 Å². The van der Waals surface area contributed by atoms with Gasteiger partial charge in [0.1, 0.15) is 0 Å². The molecule has 0 aromatic heterocycles. The van der Waals surface area contributed by atoms with Crippen LogP contribution in [0.3, 0.4) is 0 Å². The van der Waals surface area contributed by atoms with Crippen LogP contribution >= 0.6 is 0 Å². The van der Waals surface area contributed by atoms with E-state index in [0.717, 1.165) is 17.2 Å². The summed E-state index contributed by atoms with van der Waals surface area (Å²) >= 11 is 0. The molecular weight excluding hydrogens is 292 g/mol. The average molecular weight is 310 g/mol. The van der Waals surface area contributed by atoms with Crippen molar-refractivity contribution in [3.63, 3.8) is 0 Å². The zero-order chi connectivity index (χ0) is 16.9. The van der Waals surface area contributed by atoms with E-state index in [1.165, 1.54) is 13.2 Å². The van der Waals surface area contributed by atoms with Crippen molar-refractivity contribution >= 4 is 24.1 Å². The number of hydrogen-bond acceptors (Lipinski definition) is 3. The molecule has 0 aliphatic heterocycles. The highest BCUT2D eigenvalue weighted by Crippen LogP contribution is 2.01. The number of ether oxygens (including phenoxy) is 1. The van der Waals surface area contributed by atoms with Crippen LogP contribution in [0.1, 0.15) is 11.1 Å². The van der Waals surface area contributed by atoms with Crippen LogP contribution in [0.2, 0.25) is 0 Å². The van der Waals surface area contributed by atoms with Gasteiger partial charge >= 0.3 is 11.9 Å². The first kappa shape index (κ1) is 17.9. The summed E-state index contributed by atoms with van der Waals surface area (Å²) in [4.78, 5) is 20.8. The molecule has 4 nitrogen and oxygen atoms in total. The number of carboxylic acids is 1. The van der Waals surface area contributed by atoms with Crippen LogP contribution in [-0.2, 0) is 14.3 Å². The summed E-state index contributed by atoms with van der Waals surface area (Å²) in [6.45, 7) is 0. The Morgan fingerprint density at radius 1 is 0.826 bits per heavy atom. The number of methoxy groups -OCH3 is 1. The van der Waals surface area contributed by atoms with E-state index in [1.54, 1.807) is 12.2 Å². The molecule has 0 radical (unpaired) electrons. The monoisotopic (exact) mass is 310 g/mol. The van der Waals surface area contributed by atoms with Gasteiger partial charge < -0.3 is 9.84 Å². The molecule has 0 amide bonds. The standard InChI is InChI=1S/C10H10O2.C9H8O2/c1-12-10(11)8-7-9-5-3-2-4-6-9;10-9(11)7-6-8-4-2-1-3-5-8/h2-8H,1H3;1-7H,(H,10,11). The third-order valence-corrected chi connectivity index (χ3v) is 2.63. The van der Waals surface area contributed by atoms with Gasteiger partial charge in [-0.1, -0.05) is 60.7 Å². The predicted molar refractivity (Wildman–Crippen MR) is 90.6 cm³/mol. The van der Waals surface area contributed by atoms with Crippen LogP contribution in [0.25, 0.3) is 12.2 Å². The number of rotatable bonds is 4. The molecule has 1 N–H and O–H groups in total. The topological polar surface area (TPSA) is 63.6 Å². The molecule has 0 bridgehead atoms. The molecule has 0 saturated carbocycles. The van der Waals surface area contributed by atoms with Gasteiger partial charge in [0.05, 0.1) is 7.11 Å². The number of aliphatic carboxylic acids is 1. The summed E-state index contributed by atoms with van der Waals surface area (Å²) < 4.78 is 4.45. The maximum absolute atomic E-state index is 10.7. The van der Waals surface area contributed by atoms with Gasteiger partial charge in [-0.05, 0) is 23.3 Å². The van der Waals surface area contributed by atoms with Crippen LogP contribution < -0.4 is 0 Å². The molecule has 2 rings (SSSR count). The molecule has 0 unspecified atom stereocenters. The predicted octanol–water partition coefficient (Wildman–Crippen LogP) is 3.66. The molecule has 2 aromatic rings. The Morgan fingerprint density at radius 2 is 1.26 bits per heavy atom. The van der Waals surface area contributed by atoms with Crippen molar-refractivity contribution in [3.05, 3.63) is 83.9 Å². The van der Waals surface area contributed by atoms with E-state index in [1.807, 2.05) is 60.7 Å². The molecule has 0 fully saturated rings. The molecule has 0 aliphatic rings. The molecule has 118 valence electrons. The lowest BCUT2D eigenvalue weighted by molar-refractivity contribution is -0.135. The first-order valence-corrected chi connectivity index (χ1v) is 6.89. The number of esters is 1. The third-order valence-electron chi connectivity index (χ3n) is 2.63. The molecule has 4 heteroatoms. The summed E-state index contributed by atoms with van der Waals surface area (Å²) in [5.41, 5.74) is 1.89. The fourth-order valence-electron chi connectivity index (χ4n) is 1.53. The van der Waals surface area contributed by atoms with Crippen LogP contribution in [0.4, 0.5) is 0 Å². The quantitative estimate of drug-likeness (QED) is 0.691. The Labute approximate surface area is 135 Å². The maximum atomic E-state index is 10.7. The van der Waals surface area contributed by atoms with E-state index >= 15 is 0 Å². The van der Waals surface area contributed by atoms with Crippen molar-refractivity contribution < 1.29 is 19.4 Å². The zero-order valence-corrected chi connectivity index (χ0v) is 12.8. The molecule has 0 atom stereocenters. The SMILES string of the molecule is COC(=O)C=Cc1ccccc1.O=C(O)C=Cc1ccccc1. The minimum Gasteiger partial charge on any atom is -0.478 e. The second-order valence-corrected chi connectivity index (χ2v) is 4.35. The normalized spacial score (nSPS) is 10.1. The molecular formula is C19H18O4. The average Bonchev–Trinajstić information content (AvgIpc) is 2.60. The van der Waals surface area contributed by atoms with Gasteiger partial charge in [0.2, 0.25) is 0 Å². The van der Waals surface area contributed by atoms with Gasteiger partial charge in [-0.15, -0.1) is 0 Å². The minimum atomic E-state index is -0.922. The Hall–Kier alpha value is -3.14. The third kappa shape index (κ3) is 8.67. The van der Waals surface area contributed by atoms with Crippen LogP contribution in [0.15, 0.2) is 72.8 Å². The Morgan fingerprint density at radius 3 is 1.65 bits per heavy atom. The van der Waals surface area contributed by atoms with Crippen molar-refractivity contribution in [2.45, 2.75) is 0 Å². The Kier molecular flexibility index (Phi) is 8.23. The fraction of sp³-hybridized carbons (Fsp3) is 0.0526. The molecule has 23 heavy (non-hydrogen) atoms. The lowest BCUT2D eigenvalue weighted by atomic mass is 10.2. The van der Waals surface area contributed by atoms with E-state index in [0.29, 0.717) is 0 Å². The highest BCUT2D eigenvalue weighted by Gasteiger charge is 1.89. The molecule has 0 aliphatic carbocycles. The van der Waals surface area contributed by atoms with E-state index in [9.17, 15) is 9.59 Å². The lowest BCUT2D eigenvalue weighted by Gasteiger charge is -1.91. The first-order valence-electron chi connectivity index (χ1n) is 6.89. The second kappa shape index (κ2) is 10.6. The second-order valence-electron chi connectivity index (χ2n) is 4.35. The van der Waals surface area contributed by atoms with Crippen molar-refractivity contribution in [2.75, 3.05) is 7.11 Å². The summed E-state index contributed by atoms with van der Waals surface area (Å²) in [6.07, 6.45) is 5.79. The van der Waals surface area contributed by atoms with Gasteiger partial charge in [-0.25, -0.2) is 9.59 Å². The number of carbonyl (C=O) groups excluding carboxylic acids is 1. The lowest BCUT2D eigenvalue weighted by Crippen LogP contribution is -1.92. The summed E-state index contributed by atoms with van der Waals surface area (Å²) in [5, 5.41) is 8.29. The highest BCUT2D eigenvalue weighted by atomic mass is 16.5. The summed E-state index contributed by atoms with van der Waals surface area (Å²) in [5.74, 6) is -1.26.